The Balaban J connectivity index is 1.42. The highest BCUT2D eigenvalue weighted by Crippen LogP contribution is 2.19. The van der Waals surface area contributed by atoms with Crippen molar-refractivity contribution in [1.82, 2.24) is 20.1 Å². The Kier molecular flexibility index (Phi) is 5.60. The van der Waals surface area contributed by atoms with Gasteiger partial charge in [-0.25, -0.2) is 4.98 Å². The molecule has 1 aliphatic heterocycles. The predicted molar refractivity (Wildman–Crippen MR) is 87.4 cm³/mol. The Morgan fingerprint density at radius 2 is 2.22 bits per heavy atom. The summed E-state index contributed by atoms with van der Waals surface area (Å²) >= 11 is 0. The second-order valence-corrected chi connectivity index (χ2v) is 5.67. The van der Waals surface area contributed by atoms with Crippen molar-refractivity contribution >= 4 is 0 Å². The molecule has 6 nitrogen and oxygen atoms in total. The summed E-state index contributed by atoms with van der Waals surface area (Å²) in [5, 5.41) is 7.23. The summed E-state index contributed by atoms with van der Waals surface area (Å²) in [5.74, 6) is 2.62. The fraction of sp³-hybridized carbons (Fsp3) is 0.529. The lowest BCUT2D eigenvalue weighted by Crippen LogP contribution is -2.39. The summed E-state index contributed by atoms with van der Waals surface area (Å²) in [7, 11) is 0. The molecule has 2 aromatic rings. The van der Waals surface area contributed by atoms with Crippen LogP contribution in [0.15, 0.2) is 30.3 Å². The van der Waals surface area contributed by atoms with Crippen molar-refractivity contribution in [3.05, 3.63) is 42.0 Å². The number of aromatic nitrogens is 3. The molecule has 0 saturated carbocycles. The van der Waals surface area contributed by atoms with Gasteiger partial charge >= 0.3 is 0 Å². The largest absolute Gasteiger partial charge is 0.494 e. The van der Waals surface area contributed by atoms with E-state index < -0.39 is 0 Å². The first kappa shape index (κ1) is 16.0. The third-order valence-electron chi connectivity index (χ3n) is 3.95. The van der Waals surface area contributed by atoms with E-state index in [4.69, 9.17) is 9.47 Å². The molecule has 3 rings (SSSR count). The van der Waals surface area contributed by atoms with Crippen LogP contribution in [0.2, 0.25) is 0 Å². The van der Waals surface area contributed by atoms with E-state index in [9.17, 15) is 0 Å². The zero-order valence-corrected chi connectivity index (χ0v) is 13.6. The van der Waals surface area contributed by atoms with Crippen LogP contribution in [-0.2, 0) is 11.2 Å². The first-order chi connectivity index (χ1) is 11.3. The monoisotopic (exact) mass is 316 g/mol. The summed E-state index contributed by atoms with van der Waals surface area (Å²) in [6.07, 6.45) is 1.83. The van der Waals surface area contributed by atoms with Gasteiger partial charge in [0.2, 0.25) is 0 Å². The molecule has 2 heterocycles. The van der Waals surface area contributed by atoms with Gasteiger partial charge in [0.25, 0.3) is 0 Å². The number of ether oxygens (including phenoxy) is 2. The van der Waals surface area contributed by atoms with Crippen LogP contribution in [0.4, 0.5) is 0 Å². The average molecular weight is 316 g/mol. The van der Waals surface area contributed by atoms with E-state index >= 15 is 0 Å². The minimum Gasteiger partial charge on any atom is -0.494 e. The minimum atomic E-state index is -0.0321. The molecule has 124 valence electrons. The van der Waals surface area contributed by atoms with E-state index in [1.54, 1.807) is 0 Å². The second kappa shape index (κ2) is 8.08. The Morgan fingerprint density at radius 3 is 3.00 bits per heavy atom. The molecule has 0 aliphatic carbocycles. The lowest BCUT2D eigenvalue weighted by molar-refractivity contribution is -0.0351. The van der Waals surface area contributed by atoms with Gasteiger partial charge in [0.1, 0.15) is 17.7 Å². The zero-order valence-electron chi connectivity index (χ0n) is 13.6. The van der Waals surface area contributed by atoms with Crippen LogP contribution in [0.1, 0.15) is 31.1 Å². The molecule has 1 fully saturated rings. The van der Waals surface area contributed by atoms with Crippen molar-refractivity contribution < 1.29 is 9.47 Å². The molecule has 0 unspecified atom stereocenters. The van der Waals surface area contributed by atoms with Crippen LogP contribution in [0.5, 0.6) is 5.75 Å². The Bertz CT molecular complexity index is 587. The van der Waals surface area contributed by atoms with Crippen molar-refractivity contribution in [2.45, 2.75) is 25.9 Å². The highest BCUT2D eigenvalue weighted by atomic mass is 16.5. The van der Waals surface area contributed by atoms with Crippen LogP contribution in [0.3, 0.4) is 0 Å². The molecule has 0 radical (unpaired) electrons. The normalized spacial score (nSPS) is 18.9. The van der Waals surface area contributed by atoms with Gasteiger partial charge < -0.3 is 9.47 Å². The van der Waals surface area contributed by atoms with Crippen molar-refractivity contribution in [3.63, 3.8) is 0 Å². The molecule has 0 amide bonds. The molecular weight excluding hydrogens is 292 g/mol. The first-order valence-corrected chi connectivity index (χ1v) is 8.28. The van der Waals surface area contributed by atoms with E-state index in [0.717, 1.165) is 63.1 Å². The number of rotatable bonds is 7. The third kappa shape index (κ3) is 4.53. The topological polar surface area (TPSA) is 63.3 Å². The molecule has 6 heteroatoms. The molecule has 1 atom stereocenters. The fourth-order valence-electron chi connectivity index (χ4n) is 2.67. The fourth-order valence-corrected chi connectivity index (χ4v) is 2.67. The van der Waals surface area contributed by atoms with Crippen LogP contribution in [0, 0.1) is 0 Å². The van der Waals surface area contributed by atoms with E-state index in [1.165, 1.54) is 0 Å². The van der Waals surface area contributed by atoms with Gasteiger partial charge in [-0.1, -0.05) is 25.1 Å². The zero-order chi connectivity index (χ0) is 15.9. The molecule has 1 saturated heterocycles. The van der Waals surface area contributed by atoms with Crippen LogP contribution in [-0.4, -0.2) is 52.9 Å². The van der Waals surface area contributed by atoms with Crippen LogP contribution >= 0.6 is 0 Å². The highest BCUT2D eigenvalue weighted by molar-refractivity contribution is 5.20. The predicted octanol–water partition coefficient (Wildman–Crippen LogP) is 2.21. The molecular formula is C17H24N4O2. The maximum atomic E-state index is 5.81. The number of H-pyrrole nitrogens is 1. The van der Waals surface area contributed by atoms with Gasteiger partial charge in [0.05, 0.1) is 13.2 Å². The second-order valence-electron chi connectivity index (χ2n) is 5.67. The Labute approximate surface area is 136 Å². The summed E-state index contributed by atoms with van der Waals surface area (Å²) in [5.41, 5.74) is 0. The van der Waals surface area contributed by atoms with Gasteiger partial charge in [-0.15, -0.1) is 0 Å². The lowest BCUT2D eigenvalue weighted by atomic mass is 10.2. The molecule has 1 aromatic carbocycles. The lowest BCUT2D eigenvalue weighted by Gasteiger charge is -2.31. The Morgan fingerprint density at radius 1 is 1.35 bits per heavy atom. The van der Waals surface area contributed by atoms with E-state index in [-0.39, 0.29) is 6.10 Å². The molecule has 0 bridgehead atoms. The minimum absolute atomic E-state index is 0.0321. The molecule has 0 spiro atoms. The van der Waals surface area contributed by atoms with Crippen LogP contribution < -0.4 is 4.74 Å². The highest BCUT2D eigenvalue weighted by Gasteiger charge is 2.24. The maximum Gasteiger partial charge on any atom is 0.180 e. The summed E-state index contributed by atoms with van der Waals surface area (Å²) in [4.78, 5) is 6.87. The SMILES string of the molecule is CCc1nc([C@H]2CN(CCCOc3ccccc3)CCO2)n[nH]1. The number of hydrogen-bond acceptors (Lipinski definition) is 5. The Hall–Kier alpha value is -1.92. The first-order valence-electron chi connectivity index (χ1n) is 8.28. The molecule has 1 aliphatic rings. The van der Waals surface area contributed by atoms with Gasteiger partial charge in [0.15, 0.2) is 5.82 Å². The number of benzene rings is 1. The average Bonchev–Trinajstić information content (AvgIpc) is 3.09. The number of nitrogens with zero attached hydrogens (tertiary/aromatic N) is 3. The summed E-state index contributed by atoms with van der Waals surface area (Å²) in [6.45, 7) is 6.30. The number of aryl methyl sites for hydroxylation is 1. The maximum absolute atomic E-state index is 5.81. The quantitative estimate of drug-likeness (QED) is 0.794. The molecule has 1 N–H and O–H groups in total. The number of nitrogens with one attached hydrogen (secondary N) is 1. The van der Waals surface area contributed by atoms with Crippen molar-refractivity contribution in [3.8, 4) is 5.75 Å². The summed E-state index contributed by atoms with van der Waals surface area (Å²) < 4.78 is 11.5. The van der Waals surface area contributed by atoms with Crippen molar-refractivity contribution in [2.75, 3.05) is 32.8 Å². The van der Waals surface area contributed by atoms with Crippen LogP contribution in [0.25, 0.3) is 0 Å². The number of aromatic amines is 1. The van der Waals surface area contributed by atoms with Gasteiger partial charge in [0, 0.05) is 26.1 Å². The standard InChI is InChI=1S/C17H24N4O2/c1-2-16-18-17(20-19-16)15-13-21(10-12-23-15)9-6-11-22-14-7-4-3-5-8-14/h3-5,7-8,15H,2,6,9-13H2,1H3,(H,18,19,20)/t15-/m1/s1. The van der Waals surface area contributed by atoms with Gasteiger partial charge in [-0.2, -0.15) is 5.10 Å². The van der Waals surface area contributed by atoms with Crippen molar-refractivity contribution in [1.29, 1.82) is 0 Å². The van der Waals surface area contributed by atoms with Gasteiger partial charge in [-0.05, 0) is 18.6 Å². The molecule has 23 heavy (non-hydrogen) atoms. The summed E-state index contributed by atoms with van der Waals surface area (Å²) in [6, 6.07) is 9.94. The molecule has 1 aromatic heterocycles. The van der Waals surface area contributed by atoms with Crippen molar-refractivity contribution in [2.24, 2.45) is 0 Å². The smallest absolute Gasteiger partial charge is 0.180 e. The number of morpholine rings is 1. The number of hydrogen-bond donors (Lipinski definition) is 1. The third-order valence-corrected chi connectivity index (χ3v) is 3.95. The van der Waals surface area contributed by atoms with Gasteiger partial charge in [-0.3, -0.25) is 10.00 Å². The van der Waals surface area contributed by atoms with E-state index in [0.29, 0.717) is 0 Å². The van der Waals surface area contributed by atoms with E-state index in [2.05, 4.69) is 27.0 Å². The van der Waals surface area contributed by atoms with E-state index in [1.807, 2.05) is 30.3 Å². The number of para-hydroxylation sites is 1.